The number of nitrogens with two attached hydrogens (primary N) is 1. The van der Waals surface area contributed by atoms with Crippen molar-refractivity contribution in [1.29, 1.82) is 0 Å². The maximum atomic E-state index is 13.2. The zero-order chi connectivity index (χ0) is 28.3. The van der Waals surface area contributed by atoms with Crippen LogP contribution >= 0.6 is 0 Å². The number of carbonyl (C=O) groups is 5. The van der Waals surface area contributed by atoms with Crippen LogP contribution < -0.4 is 16.4 Å². The number of amides is 5. The fourth-order valence-corrected chi connectivity index (χ4v) is 4.73. The first kappa shape index (κ1) is 27.8. The molecule has 12 heteroatoms. The van der Waals surface area contributed by atoms with Gasteiger partial charge in [0.15, 0.2) is 0 Å². The van der Waals surface area contributed by atoms with Crippen LogP contribution in [0.4, 0.5) is 10.5 Å². The summed E-state index contributed by atoms with van der Waals surface area (Å²) in [4.78, 5) is 69.6. The molecule has 1 atom stereocenters. The van der Waals surface area contributed by atoms with E-state index in [1.165, 1.54) is 12.3 Å². The third kappa shape index (κ3) is 6.27. The number of fused-ring (bicyclic) bond motifs is 1. The molecule has 2 saturated heterocycles. The van der Waals surface area contributed by atoms with Crippen LogP contribution in [0.1, 0.15) is 67.2 Å². The van der Waals surface area contributed by atoms with Crippen molar-refractivity contribution in [1.82, 2.24) is 15.1 Å². The van der Waals surface area contributed by atoms with Gasteiger partial charge in [0.2, 0.25) is 11.8 Å². The van der Waals surface area contributed by atoms with Crippen LogP contribution in [0.25, 0.3) is 0 Å². The summed E-state index contributed by atoms with van der Waals surface area (Å²) in [7, 11) is 0. The van der Waals surface area contributed by atoms with Crippen molar-refractivity contribution in [2.24, 2.45) is 10.7 Å². The summed E-state index contributed by atoms with van der Waals surface area (Å²) in [6.07, 6.45) is 4.30. The number of nitrogens with zero attached hydrogens (tertiary/aromatic N) is 3. The van der Waals surface area contributed by atoms with Gasteiger partial charge in [-0.05, 0) is 52.2 Å². The normalized spacial score (nSPS) is 20.9. The number of aliphatic imine (C=N–C) groups is 1. The van der Waals surface area contributed by atoms with Crippen molar-refractivity contribution in [2.45, 2.75) is 64.1 Å². The Morgan fingerprint density at radius 3 is 2.51 bits per heavy atom. The van der Waals surface area contributed by atoms with Gasteiger partial charge in [-0.25, -0.2) is 4.79 Å². The smallest absolute Gasteiger partial charge is 0.410 e. The number of nitrogens with one attached hydrogen (secondary N) is 2. The Hall–Kier alpha value is -4.22. The molecule has 1 aromatic carbocycles. The minimum Gasteiger partial charge on any atom is -0.444 e. The lowest BCUT2D eigenvalue weighted by molar-refractivity contribution is -0.136. The third-order valence-electron chi connectivity index (χ3n) is 6.73. The van der Waals surface area contributed by atoms with Gasteiger partial charge in [0.05, 0.1) is 17.2 Å². The van der Waals surface area contributed by atoms with Crippen molar-refractivity contribution < 1.29 is 28.7 Å². The van der Waals surface area contributed by atoms with Crippen LogP contribution in [0, 0.1) is 0 Å². The zero-order valence-electron chi connectivity index (χ0n) is 22.4. The second kappa shape index (κ2) is 11.3. The highest BCUT2D eigenvalue weighted by Gasteiger charge is 2.45. The summed E-state index contributed by atoms with van der Waals surface area (Å²) in [6.45, 7) is 6.85. The molecule has 0 aromatic heterocycles. The van der Waals surface area contributed by atoms with E-state index in [2.05, 4.69) is 15.6 Å². The fraction of sp³-hybridized carbons (Fsp3) is 0.481. The van der Waals surface area contributed by atoms with Gasteiger partial charge in [-0.3, -0.25) is 34.4 Å². The molecular weight excluding hydrogens is 504 g/mol. The lowest BCUT2D eigenvalue weighted by atomic mass is 10.0. The molecule has 3 aliphatic rings. The topological polar surface area (TPSA) is 164 Å². The van der Waals surface area contributed by atoms with Gasteiger partial charge < -0.3 is 20.7 Å². The molecule has 0 saturated carbocycles. The Morgan fingerprint density at radius 2 is 1.87 bits per heavy atom. The van der Waals surface area contributed by atoms with Crippen molar-refractivity contribution in [2.75, 3.05) is 25.0 Å². The van der Waals surface area contributed by atoms with E-state index in [4.69, 9.17) is 10.5 Å². The maximum absolute atomic E-state index is 13.2. The number of likely N-dealkylation sites (tertiary alicyclic amines) is 1. The Labute approximate surface area is 226 Å². The van der Waals surface area contributed by atoms with Gasteiger partial charge in [0.1, 0.15) is 11.6 Å². The molecule has 0 radical (unpaired) electrons. The predicted octanol–water partition coefficient (Wildman–Crippen LogP) is 1.81. The molecular formula is C27H34N6O6. The van der Waals surface area contributed by atoms with Gasteiger partial charge in [0, 0.05) is 49.7 Å². The Kier molecular flexibility index (Phi) is 8.03. The van der Waals surface area contributed by atoms with Gasteiger partial charge >= 0.3 is 6.09 Å². The first-order chi connectivity index (χ1) is 18.5. The summed E-state index contributed by atoms with van der Waals surface area (Å²) in [5, 5.41) is 5.35. The van der Waals surface area contributed by atoms with E-state index in [9.17, 15) is 24.0 Å². The minimum atomic E-state index is -1.03. The largest absolute Gasteiger partial charge is 0.444 e. The molecule has 4 rings (SSSR count). The van der Waals surface area contributed by atoms with Crippen molar-refractivity contribution in [3.63, 3.8) is 0 Å². The molecule has 0 aliphatic carbocycles. The fourth-order valence-electron chi connectivity index (χ4n) is 4.73. The van der Waals surface area contributed by atoms with Crippen molar-refractivity contribution in [3.05, 3.63) is 41.1 Å². The van der Waals surface area contributed by atoms with E-state index < -0.39 is 35.3 Å². The zero-order valence-corrected chi connectivity index (χ0v) is 22.4. The molecule has 208 valence electrons. The molecule has 3 aliphatic heterocycles. The second-order valence-corrected chi connectivity index (χ2v) is 10.7. The summed E-state index contributed by atoms with van der Waals surface area (Å²) < 4.78 is 5.43. The SMILES string of the molecule is CC(C)(C)OC(=O)N1CCC(N=C/C(=C\N)CNc2cccc3c2C(=O)N(C2CCC(=O)NC2=O)C3=O)CC1. The first-order valence-electron chi connectivity index (χ1n) is 13.0. The van der Waals surface area contributed by atoms with Gasteiger partial charge in [-0.15, -0.1) is 0 Å². The van der Waals surface area contributed by atoms with Gasteiger partial charge in [-0.2, -0.15) is 0 Å². The Morgan fingerprint density at radius 1 is 1.15 bits per heavy atom. The summed E-state index contributed by atoms with van der Waals surface area (Å²) in [6, 6.07) is 3.86. The van der Waals surface area contributed by atoms with E-state index in [1.54, 1.807) is 23.2 Å². The lowest BCUT2D eigenvalue weighted by Gasteiger charge is -2.32. The number of piperidine rings is 2. The molecule has 39 heavy (non-hydrogen) atoms. The Balaban J connectivity index is 1.36. The highest BCUT2D eigenvalue weighted by atomic mass is 16.6. The van der Waals surface area contributed by atoms with E-state index in [0.717, 1.165) is 4.90 Å². The third-order valence-corrected chi connectivity index (χ3v) is 6.73. The van der Waals surface area contributed by atoms with Crippen molar-refractivity contribution in [3.8, 4) is 0 Å². The monoisotopic (exact) mass is 538 g/mol. The highest BCUT2D eigenvalue weighted by Crippen LogP contribution is 2.32. The highest BCUT2D eigenvalue weighted by molar-refractivity contribution is 6.25. The molecule has 1 unspecified atom stereocenters. The van der Waals surface area contributed by atoms with Gasteiger partial charge in [0.25, 0.3) is 11.8 Å². The quantitative estimate of drug-likeness (QED) is 0.365. The van der Waals surface area contributed by atoms with Crippen LogP contribution in [-0.4, -0.2) is 83.1 Å². The number of benzene rings is 1. The molecule has 12 nitrogen and oxygen atoms in total. The summed E-state index contributed by atoms with van der Waals surface area (Å²) in [5.74, 6) is -2.23. The second-order valence-electron chi connectivity index (χ2n) is 10.7. The minimum absolute atomic E-state index is 0.0286. The summed E-state index contributed by atoms with van der Waals surface area (Å²) >= 11 is 0. The van der Waals surface area contributed by atoms with E-state index in [1.807, 2.05) is 20.8 Å². The van der Waals surface area contributed by atoms with E-state index in [0.29, 0.717) is 37.2 Å². The number of imide groups is 2. The van der Waals surface area contributed by atoms with Crippen LogP contribution in [0.3, 0.4) is 0 Å². The standard InChI is InChI=1S/C27H34N6O6/c1-27(2,3)39-26(38)32-11-9-17(10-12-32)29-14-16(13-28)15-30-19-6-4-5-18-22(19)25(37)33(24(18)36)20-7-8-21(34)31-23(20)35/h4-6,13-14,17,20,30H,7-12,15,28H2,1-3H3,(H,31,34,35)/b16-13+,29-14?. The summed E-state index contributed by atoms with van der Waals surface area (Å²) in [5.41, 5.74) is 6.74. The average molecular weight is 539 g/mol. The van der Waals surface area contributed by atoms with Crippen LogP contribution in [0.15, 0.2) is 35.0 Å². The molecule has 0 spiro atoms. The number of hydrogen-bond acceptors (Lipinski definition) is 9. The molecule has 3 heterocycles. The van der Waals surface area contributed by atoms with E-state index >= 15 is 0 Å². The first-order valence-corrected chi connectivity index (χ1v) is 13.0. The van der Waals surface area contributed by atoms with E-state index in [-0.39, 0.29) is 42.6 Å². The number of rotatable bonds is 6. The van der Waals surface area contributed by atoms with Crippen LogP contribution in [0.2, 0.25) is 0 Å². The predicted molar refractivity (Wildman–Crippen MR) is 143 cm³/mol. The molecule has 5 amide bonds. The molecule has 2 fully saturated rings. The number of carbonyl (C=O) groups excluding carboxylic acids is 5. The lowest BCUT2D eigenvalue weighted by Crippen LogP contribution is -2.54. The van der Waals surface area contributed by atoms with Crippen molar-refractivity contribution >= 4 is 41.6 Å². The molecule has 1 aromatic rings. The number of hydrogen-bond donors (Lipinski definition) is 3. The van der Waals surface area contributed by atoms with Crippen LogP contribution in [0.5, 0.6) is 0 Å². The van der Waals surface area contributed by atoms with Gasteiger partial charge in [-0.1, -0.05) is 6.07 Å². The number of ether oxygens (including phenoxy) is 1. The average Bonchev–Trinajstić information content (AvgIpc) is 3.14. The molecule has 4 N–H and O–H groups in total. The molecule has 0 bridgehead atoms. The Bertz CT molecular complexity index is 1240. The van der Waals surface area contributed by atoms with Crippen LogP contribution in [-0.2, 0) is 14.3 Å². The number of anilines is 1. The maximum Gasteiger partial charge on any atom is 0.410 e.